The summed E-state index contributed by atoms with van der Waals surface area (Å²) in [5, 5.41) is 11.8. The van der Waals surface area contributed by atoms with Crippen molar-refractivity contribution in [2.24, 2.45) is 11.3 Å². The molecule has 0 bridgehead atoms. The Labute approximate surface area is 106 Å². The molecule has 5 heteroatoms. The first kappa shape index (κ1) is 13.7. The predicted octanol–water partition coefficient (Wildman–Crippen LogP) is 2.09. The molecule has 0 unspecified atom stereocenters. The minimum absolute atomic E-state index is 0.0863. The van der Waals surface area contributed by atoms with Gasteiger partial charge in [-0.3, -0.25) is 4.79 Å². The maximum atomic E-state index is 13.0. The second kappa shape index (κ2) is 5.11. The molecule has 104 valence electrons. The molecule has 1 amide bonds. The highest BCUT2D eigenvalue weighted by atomic mass is 19.3. The van der Waals surface area contributed by atoms with Gasteiger partial charge >= 0.3 is 0 Å². The summed E-state index contributed by atoms with van der Waals surface area (Å²) in [4.78, 5) is 11.9. The summed E-state index contributed by atoms with van der Waals surface area (Å²) in [7, 11) is 0. The minimum atomic E-state index is -2.58. The van der Waals surface area contributed by atoms with E-state index in [1.54, 1.807) is 0 Å². The molecule has 0 aromatic carbocycles. The lowest BCUT2D eigenvalue weighted by Crippen LogP contribution is -2.38. The fraction of sp³-hybridized carbons (Fsp3) is 0.923. The lowest BCUT2D eigenvalue weighted by Gasteiger charge is -2.28. The van der Waals surface area contributed by atoms with Gasteiger partial charge in [0.15, 0.2) is 0 Å². The van der Waals surface area contributed by atoms with Gasteiger partial charge in [-0.25, -0.2) is 8.78 Å². The second-order valence-corrected chi connectivity index (χ2v) is 5.82. The van der Waals surface area contributed by atoms with Gasteiger partial charge in [0.05, 0.1) is 0 Å². The van der Waals surface area contributed by atoms with Crippen molar-refractivity contribution in [1.29, 1.82) is 0 Å². The molecule has 0 spiro atoms. The molecule has 2 N–H and O–H groups in total. The lowest BCUT2D eigenvalue weighted by molar-refractivity contribution is -0.129. The Morgan fingerprint density at radius 2 is 1.83 bits per heavy atom. The van der Waals surface area contributed by atoms with Crippen LogP contribution in [0.4, 0.5) is 8.78 Å². The molecule has 3 nitrogen and oxygen atoms in total. The number of nitrogens with one attached hydrogen (secondary N) is 1. The Morgan fingerprint density at radius 3 is 2.33 bits per heavy atom. The van der Waals surface area contributed by atoms with E-state index in [0.717, 1.165) is 19.3 Å². The molecule has 2 aliphatic rings. The third kappa shape index (κ3) is 3.40. The van der Waals surface area contributed by atoms with Crippen LogP contribution >= 0.6 is 0 Å². The molecular formula is C13H21F2NO2. The van der Waals surface area contributed by atoms with Gasteiger partial charge in [0, 0.05) is 31.9 Å². The first-order valence-electron chi connectivity index (χ1n) is 6.73. The molecule has 2 saturated carbocycles. The zero-order valence-electron chi connectivity index (χ0n) is 10.6. The molecule has 0 atom stereocenters. The largest absolute Gasteiger partial charge is 0.396 e. The summed E-state index contributed by atoms with van der Waals surface area (Å²) in [6.07, 6.45) is 3.01. The average molecular weight is 261 g/mol. The van der Waals surface area contributed by atoms with Crippen molar-refractivity contribution in [3.05, 3.63) is 0 Å². The smallest absolute Gasteiger partial charge is 0.248 e. The van der Waals surface area contributed by atoms with E-state index in [0.29, 0.717) is 6.54 Å². The summed E-state index contributed by atoms with van der Waals surface area (Å²) in [6, 6.07) is 0. The monoisotopic (exact) mass is 261 g/mol. The quantitative estimate of drug-likeness (QED) is 0.796. The Hall–Kier alpha value is -0.710. The fourth-order valence-electron chi connectivity index (χ4n) is 2.65. The number of carbonyl (C=O) groups excluding carboxylic acids is 1. The van der Waals surface area contributed by atoms with Crippen molar-refractivity contribution >= 4 is 5.91 Å². The van der Waals surface area contributed by atoms with E-state index in [2.05, 4.69) is 5.32 Å². The Kier molecular flexibility index (Phi) is 3.90. The standard InChI is InChI=1S/C13H21F2NO2/c14-13(15)3-1-10(2-4-13)11(18)16-9-12(5-6-12)7-8-17/h10,17H,1-9H2,(H,16,18). The van der Waals surface area contributed by atoms with Crippen LogP contribution in [0.25, 0.3) is 0 Å². The summed E-state index contributed by atoms with van der Waals surface area (Å²) >= 11 is 0. The van der Waals surface area contributed by atoms with Crippen molar-refractivity contribution in [3.8, 4) is 0 Å². The average Bonchev–Trinajstić information content (AvgIpc) is 3.07. The van der Waals surface area contributed by atoms with Crippen LogP contribution in [0.1, 0.15) is 44.9 Å². The molecule has 2 fully saturated rings. The van der Waals surface area contributed by atoms with E-state index in [1.807, 2.05) is 0 Å². The number of rotatable bonds is 5. The molecule has 0 heterocycles. The molecule has 2 rings (SSSR count). The van der Waals surface area contributed by atoms with E-state index in [9.17, 15) is 13.6 Å². The number of aliphatic hydroxyl groups excluding tert-OH is 1. The summed E-state index contributed by atoms with van der Waals surface area (Å²) in [6.45, 7) is 0.727. The third-order valence-corrected chi connectivity index (χ3v) is 4.32. The Balaban J connectivity index is 1.72. The maximum absolute atomic E-state index is 13.0. The van der Waals surface area contributed by atoms with Crippen LogP contribution in [-0.4, -0.2) is 30.1 Å². The van der Waals surface area contributed by atoms with Gasteiger partial charge in [-0.1, -0.05) is 0 Å². The minimum Gasteiger partial charge on any atom is -0.396 e. The predicted molar refractivity (Wildman–Crippen MR) is 63.3 cm³/mol. The van der Waals surface area contributed by atoms with Crippen LogP contribution in [0, 0.1) is 11.3 Å². The number of hydrogen-bond acceptors (Lipinski definition) is 2. The summed E-state index contributed by atoms with van der Waals surface area (Å²) < 4.78 is 25.9. The number of hydrogen-bond donors (Lipinski definition) is 2. The van der Waals surface area contributed by atoms with Gasteiger partial charge in [0.1, 0.15) is 0 Å². The zero-order valence-corrected chi connectivity index (χ0v) is 10.6. The van der Waals surface area contributed by atoms with Gasteiger partial charge < -0.3 is 10.4 Å². The Bertz CT molecular complexity index is 306. The van der Waals surface area contributed by atoms with Crippen molar-refractivity contribution in [2.75, 3.05) is 13.2 Å². The normalized spacial score (nSPS) is 25.7. The molecule has 0 aromatic heterocycles. The van der Waals surface area contributed by atoms with Crippen LogP contribution < -0.4 is 5.32 Å². The van der Waals surface area contributed by atoms with E-state index >= 15 is 0 Å². The lowest BCUT2D eigenvalue weighted by atomic mass is 9.86. The molecule has 0 aliphatic heterocycles. The van der Waals surface area contributed by atoms with E-state index in [-0.39, 0.29) is 49.5 Å². The van der Waals surface area contributed by atoms with Gasteiger partial charge in [0.2, 0.25) is 11.8 Å². The first-order valence-corrected chi connectivity index (χ1v) is 6.73. The second-order valence-electron chi connectivity index (χ2n) is 5.82. The van der Waals surface area contributed by atoms with Gasteiger partial charge in [-0.15, -0.1) is 0 Å². The van der Waals surface area contributed by atoms with Crippen molar-refractivity contribution in [3.63, 3.8) is 0 Å². The number of alkyl halides is 2. The fourth-order valence-corrected chi connectivity index (χ4v) is 2.65. The van der Waals surface area contributed by atoms with Crippen molar-refractivity contribution < 1.29 is 18.7 Å². The van der Waals surface area contributed by atoms with Crippen LogP contribution in [0.5, 0.6) is 0 Å². The van der Waals surface area contributed by atoms with E-state index in [4.69, 9.17) is 5.11 Å². The maximum Gasteiger partial charge on any atom is 0.248 e. The Morgan fingerprint density at radius 1 is 1.22 bits per heavy atom. The van der Waals surface area contributed by atoms with Gasteiger partial charge in [-0.2, -0.15) is 0 Å². The SMILES string of the molecule is O=C(NCC1(CCO)CC1)C1CCC(F)(F)CC1. The number of amides is 1. The highest BCUT2D eigenvalue weighted by molar-refractivity contribution is 5.78. The van der Waals surface area contributed by atoms with Crippen molar-refractivity contribution in [2.45, 2.75) is 50.9 Å². The van der Waals surface area contributed by atoms with Crippen LogP contribution in [-0.2, 0) is 4.79 Å². The van der Waals surface area contributed by atoms with E-state index < -0.39 is 5.92 Å². The topological polar surface area (TPSA) is 49.3 Å². The first-order chi connectivity index (χ1) is 8.46. The zero-order chi connectivity index (χ0) is 13.2. The molecular weight excluding hydrogens is 240 g/mol. The number of halogens is 2. The van der Waals surface area contributed by atoms with Crippen LogP contribution in [0.3, 0.4) is 0 Å². The van der Waals surface area contributed by atoms with Crippen molar-refractivity contribution in [1.82, 2.24) is 5.32 Å². The number of carbonyl (C=O) groups is 1. The molecule has 2 aliphatic carbocycles. The molecule has 18 heavy (non-hydrogen) atoms. The highest BCUT2D eigenvalue weighted by Gasteiger charge is 2.43. The summed E-state index contributed by atoms with van der Waals surface area (Å²) in [5.41, 5.74) is 0.0863. The molecule has 0 radical (unpaired) electrons. The highest BCUT2D eigenvalue weighted by Crippen LogP contribution is 2.48. The van der Waals surface area contributed by atoms with Crippen LogP contribution in [0.15, 0.2) is 0 Å². The van der Waals surface area contributed by atoms with Gasteiger partial charge in [-0.05, 0) is 37.5 Å². The van der Waals surface area contributed by atoms with Gasteiger partial charge in [0.25, 0.3) is 0 Å². The summed E-state index contributed by atoms with van der Waals surface area (Å²) in [5.74, 6) is -2.92. The third-order valence-electron chi connectivity index (χ3n) is 4.32. The number of aliphatic hydroxyl groups is 1. The molecule has 0 aromatic rings. The van der Waals surface area contributed by atoms with E-state index in [1.165, 1.54) is 0 Å². The van der Waals surface area contributed by atoms with Crippen LogP contribution in [0.2, 0.25) is 0 Å². The molecule has 0 saturated heterocycles.